The van der Waals surface area contributed by atoms with Crippen molar-refractivity contribution in [2.75, 3.05) is 36.1 Å². The fraction of sp³-hybridized carbons (Fsp3) is 0.355. The molecule has 39 heavy (non-hydrogen) atoms. The molecule has 3 aromatic rings. The van der Waals surface area contributed by atoms with E-state index in [-0.39, 0.29) is 37.1 Å². The molecule has 0 N–H and O–H groups in total. The molecule has 0 aliphatic carbocycles. The third-order valence-corrected chi connectivity index (χ3v) is 7.46. The topological polar surface area (TPSA) is 62.3 Å². The number of carbonyl (C=O) groups excluding carboxylic acids is 2. The van der Waals surface area contributed by atoms with Crippen LogP contribution in [0.4, 0.5) is 20.6 Å². The van der Waals surface area contributed by atoms with Crippen LogP contribution in [0.2, 0.25) is 0 Å². The van der Waals surface area contributed by atoms with Crippen LogP contribution in [0.5, 0.6) is 5.75 Å². The molecule has 3 aromatic carbocycles. The number of para-hydroxylation sites is 3. The second-order valence-electron chi connectivity index (χ2n) is 10.0. The lowest BCUT2D eigenvalue weighted by molar-refractivity contribution is -0.141. The van der Waals surface area contributed by atoms with Gasteiger partial charge in [-0.1, -0.05) is 48.5 Å². The number of ether oxygens (including phenoxy) is 2. The second kappa shape index (κ2) is 11.8. The summed E-state index contributed by atoms with van der Waals surface area (Å²) in [6.07, 6.45) is 1.54. The molecule has 0 aromatic heterocycles. The lowest BCUT2D eigenvalue weighted by Crippen LogP contribution is -2.54. The van der Waals surface area contributed by atoms with Crippen LogP contribution in [0.3, 0.4) is 0 Å². The molecule has 8 heteroatoms. The Bertz CT molecular complexity index is 1320. The minimum Gasteiger partial charge on any atom is -0.490 e. The number of anilines is 2. The zero-order valence-electron chi connectivity index (χ0n) is 22.4. The van der Waals surface area contributed by atoms with Gasteiger partial charge in [-0.25, -0.2) is 9.18 Å². The normalized spacial score (nSPS) is 15.8. The predicted molar refractivity (Wildman–Crippen MR) is 149 cm³/mol. The molecular weight excluding hydrogens is 497 g/mol. The number of esters is 1. The maximum absolute atomic E-state index is 14.6. The molecule has 2 aliphatic heterocycles. The van der Waals surface area contributed by atoms with Crippen molar-refractivity contribution in [1.82, 2.24) is 4.90 Å². The van der Waals surface area contributed by atoms with E-state index >= 15 is 0 Å². The van der Waals surface area contributed by atoms with Crippen LogP contribution in [-0.2, 0) is 22.6 Å². The molecule has 204 valence electrons. The van der Waals surface area contributed by atoms with Gasteiger partial charge in [0.2, 0.25) is 0 Å². The summed E-state index contributed by atoms with van der Waals surface area (Å²) in [5.41, 5.74) is 4.45. The molecule has 0 bridgehead atoms. The van der Waals surface area contributed by atoms with Crippen LogP contribution in [0.15, 0.2) is 66.7 Å². The summed E-state index contributed by atoms with van der Waals surface area (Å²) in [6.45, 7) is 5.98. The van der Waals surface area contributed by atoms with Gasteiger partial charge in [0.15, 0.2) is 0 Å². The third kappa shape index (κ3) is 5.85. The van der Waals surface area contributed by atoms with Gasteiger partial charge in [0.1, 0.15) is 24.8 Å². The first-order valence-corrected chi connectivity index (χ1v) is 13.4. The predicted octanol–water partition coefficient (Wildman–Crippen LogP) is 5.69. The van der Waals surface area contributed by atoms with Crippen molar-refractivity contribution in [3.63, 3.8) is 0 Å². The number of benzene rings is 3. The van der Waals surface area contributed by atoms with Crippen molar-refractivity contribution in [3.05, 3.63) is 89.2 Å². The van der Waals surface area contributed by atoms with Gasteiger partial charge in [-0.3, -0.25) is 9.69 Å². The van der Waals surface area contributed by atoms with Crippen LogP contribution in [0, 0.1) is 12.7 Å². The molecule has 1 fully saturated rings. The Kier molecular flexibility index (Phi) is 8.00. The number of fused-ring (bicyclic) bond motifs is 1. The molecule has 1 saturated heterocycles. The smallest absolute Gasteiger partial charge is 0.325 e. The lowest BCUT2D eigenvalue weighted by atomic mass is 9.99. The van der Waals surface area contributed by atoms with E-state index in [9.17, 15) is 14.0 Å². The highest BCUT2D eigenvalue weighted by Crippen LogP contribution is 2.35. The molecule has 2 amide bonds. The van der Waals surface area contributed by atoms with E-state index in [1.807, 2.05) is 65.3 Å². The third-order valence-electron chi connectivity index (χ3n) is 7.46. The van der Waals surface area contributed by atoms with Gasteiger partial charge in [-0.15, -0.1) is 0 Å². The number of nitrogens with zero attached hydrogens (tertiary/aromatic N) is 3. The molecule has 0 spiro atoms. The fourth-order valence-corrected chi connectivity index (χ4v) is 5.56. The zero-order valence-corrected chi connectivity index (χ0v) is 22.4. The van der Waals surface area contributed by atoms with Crippen molar-refractivity contribution in [2.45, 2.75) is 45.8 Å². The Morgan fingerprint density at radius 1 is 0.974 bits per heavy atom. The Labute approximate surface area is 228 Å². The summed E-state index contributed by atoms with van der Waals surface area (Å²) in [4.78, 5) is 30.9. The number of urea groups is 1. The molecule has 0 atom stereocenters. The van der Waals surface area contributed by atoms with E-state index in [4.69, 9.17) is 9.47 Å². The maximum atomic E-state index is 14.6. The first-order valence-electron chi connectivity index (χ1n) is 13.4. The minimum absolute atomic E-state index is 0.0380. The van der Waals surface area contributed by atoms with Crippen molar-refractivity contribution in [1.29, 1.82) is 0 Å². The summed E-state index contributed by atoms with van der Waals surface area (Å²) in [5.74, 6) is 0.106. The van der Waals surface area contributed by atoms with Crippen molar-refractivity contribution < 1.29 is 23.5 Å². The van der Waals surface area contributed by atoms with Crippen LogP contribution < -0.4 is 14.5 Å². The largest absolute Gasteiger partial charge is 0.490 e. The molecule has 0 radical (unpaired) electrons. The Balaban J connectivity index is 1.32. The molecule has 2 heterocycles. The number of halogens is 1. The molecule has 0 saturated carbocycles. The number of hydrogen-bond donors (Lipinski definition) is 0. The first kappa shape index (κ1) is 26.5. The van der Waals surface area contributed by atoms with E-state index in [0.29, 0.717) is 37.6 Å². The minimum atomic E-state index is -0.350. The lowest BCUT2D eigenvalue weighted by Gasteiger charge is -2.44. The van der Waals surface area contributed by atoms with Gasteiger partial charge < -0.3 is 19.3 Å². The average molecular weight is 532 g/mol. The van der Waals surface area contributed by atoms with Crippen molar-refractivity contribution in [3.8, 4) is 5.75 Å². The fourth-order valence-electron chi connectivity index (χ4n) is 5.56. The van der Waals surface area contributed by atoms with Crippen LogP contribution in [0.1, 0.15) is 36.5 Å². The van der Waals surface area contributed by atoms with Gasteiger partial charge in [0.05, 0.1) is 17.9 Å². The van der Waals surface area contributed by atoms with E-state index in [1.54, 1.807) is 6.07 Å². The molecule has 5 rings (SSSR count). The number of carbonyl (C=O) groups is 2. The number of hydrogen-bond acceptors (Lipinski definition) is 5. The number of amides is 2. The van der Waals surface area contributed by atoms with Crippen LogP contribution >= 0.6 is 0 Å². The average Bonchev–Trinajstić information content (AvgIpc) is 2.93. The monoisotopic (exact) mass is 531 g/mol. The molecule has 7 nitrogen and oxygen atoms in total. The summed E-state index contributed by atoms with van der Waals surface area (Å²) in [6, 6.07) is 20.8. The molecular formula is C31H34FN3O4. The van der Waals surface area contributed by atoms with Gasteiger partial charge in [0, 0.05) is 38.2 Å². The van der Waals surface area contributed by atoms with Crippen molar-refractivity contribution in [2.24, 2.45) is 0 Å². The van der Waals surface area contributed by atoms with Crippen LogP contribution in [-0.4, -0.2) is 49.2 Å². The van der Waals surface area contributed by atoms with Crippen molar-refractivity contribution >= 4 is 23.4 Å². The van der Waals surface area contributed by atoms with Gasteiger partial charge in [-0.05, 0) is 49.1 Å². The standard InChI is InChI=1S/C31H34FN3O4/c1-22-8-7-11-27(32)30(22)33-16-14-26(15-17-33)34-20-24-9-3-5-12-28(24)35(31(34)37)21-25-10-4-6-13-29(25)39-19-18-38-23(2)36/h3-13,26H,14-21H2,1-2H3. The number of aryl methyl sites for hydroxylation is 1. The zero-order chi connectivity index (χ0) is 27.4. The van der Waals surface area contributed by atoms with E-state index in [2.05, 4.69) is 11.0 Å². The van der Waals surface area contributed by atoms with E-state index in [1.165, 1.54) is 13.0 Å². The number of piperidine rings is 1. The number of rotatable bonds is 8. The second-order valence-corrected chi connectivity index (χ2v) is 10.0. The SMILES string of the molecule is CC(=O)OCCOc1ccccc1CN1C(=O)N(C2CCN(c3c(C)cccc3F)CC2)Cc2ccccc21. The van der Waals surface area contributed by atoms with Gasteiger partial charge >= 0.3 is 12.0 Å². The molecule has 0 unspecified atom stereocenters. The summed E-state index contributed by atoms with van der Waals surface area (Å²) in [7, 11) is 0. The Morgan fingerprint density at radius 3 is 2.49 bits per heavy atom. The highest BCUT2D eigenvalue weighted by molar-refractivity contribution is 5.95. The summed E-state index contributed by atoms with van der Waals surface area (Å²) < 4.78 is 25.5. The Morgan fingerprint density at radius 2 is 1.72 bits per heavy atom. The maximum Gasteiger partial charge on any atom is 0.325 e. The summed E-state index contributed by atoms with van der Waals surface area (Å²) in [5, 5.41) is 0. The van der Waals surface area contributed by atoms with E-state index < -0.39 is 0 Å². The Hall–Kier alpha value is -4.07. The van der Waals surface area contributed by atoms with Crippen LogP contribution in [0.25, 0.3) is 0 Å². The quantitative estimate of drug-likeness (QED) is 0.276. The highest BCUT2D eigenvalue weighted by Gasteiger charge is 2.36. The van der Waals surface area contributed by atoms with E-state index in [0.717, 1.165) is 35.2 Å². The van der Waals surface area contributed by atoms with Gasteiger partial charge in [-0.2, -0.15) is 0 Å². The first-order chi connectivity index (χ1) is 18.9. The molecule has 2 aliphatic rings. The van der Waals surface area contributed by atoms with Gasteiger partial charge in [0.25, 0.3) is 0 Å². The summed E-state index contributed by atoms with van der Waals surface area (Å²) >= 11 is 0. The highest BCUT2D eigenvalue weighted by atomic mass is 19.1.